The first-order chi connectivity index (χ1) is 15.5. The van der Waals surface area contributed by atoms with Crippen molar-refractivity contribution in [3.8, 4) is 5.75 Å². The van der Waals surface area contributed by atoms with E-state index in [1.165, 1.54) is 30.3 Å². The Morgan fingerprint density at radius 1 is 1.00 bits per heavy atom. The number of benzene rings is 2. The summed E-state index contributed by atoms with van der Waals surface area (Å²) in [5.74, 6) is -1.75. The van der Waals surface area contributed by atoms with Crippen LogP contribution in [0.4, 0.5) is 13.2 Å². The summed E-state index contributed by atoms with van der Waals surface area (Å²) in [6.07, 6.45) is 3.45. The van der Waals surface area contributed by atoms with Gasteiger partial charge in [-0.05, 0) is 48.7 Å². The Balaban J connectivity index is 1.36. The van der Waals surface area contributed by atoms with E-state index in [1.54, 1.807) is 23.2 Å². The van der Waals surface area contributed by atoms with Crippen molar-refractivity contribution in [2.45, 2.75) is 25.2 Å². The van der Waals surface area contributed by atoms with Gasteiger partial charge in [0.15, 0.2) is 18.2 Å². The van der Waals surface area contributed by atoms with E-state index < -0.39 is 17.5 Å². The SMILES string of the molecule is O=C(COc1ccccc1F)N1CCC[C@H](c2ccc(Cc3c(F)cccc3F)cn2)C1. The van der Waals surface area contributed by atoms with E-state index in [2.05, 4.69) is 4.98 Å². The van der Waals surface area contributed by atoms with Crippen molar-refractivity contribution in [1.82, 2.24) is 9.88 Å². The fraction of sp³-hybridized carbons (Fsp3) is 0.280. The third kappa shape index (κ3) is 5.10. The van der Waals surface area contributed by atoms with Crippen molar-refractivity contribution in [2.75, 3.05) is 19.7 Å². The standard InChI is InChI=1S/C25H23F3N2O2/c26-20-7-3-8-21(27)19(20)13-17-10-11-23(29-14-17)18-5-4-12-30(15-18)25(31)16-32-24-9-2-1-6-22(24)28/h1-3,6-11,14,18H,4-5,12-13,15-16H2/t18-/m0/s1. The molecule has 0 saturated carbocycles. The predicted molar refractivity (Wildman–Crippen MR) is 114 cm³/mol. The molecule has 0 N–H and O–H groups in total. The molecule has 1 aromatic heterocycles. The van der Waals surface area contributed by atoms with E-state index in [0.717, 1.165) is 18.5 Å². The number of amides is 1. The number of aromatic nitrogens is 1. The van der Waals surface area contributed by atoms with Crippen LogP contribution in [-0.4, -0.2) is 35.5 Å². The molecule has 1 fully saturated rings. The van der Waals surface area contributed by atoms with E-state index >= 15 is 0 Å². The molecule has 4 nitrogen and oxygen atoms in total. The number of rotatable bonds is 6. The molecule has 0 spiro atoms. The number of carbonyl (C=O) groups is 1. The first kappa shape index (κ1) is 21.9. The van der Waals surface area contributed by atoms with Crippen molar-refractivity contribution >= 4 is 5.91 Å². The molecule has 0 aliphatic carbocycles. The summed E-state index contributed by atoms with van der Waals surface area (Å²) < 4.78 is 46.8. The number of pyridine rings is 1. The molecular weight excluding hydrogens is 417 g/mol. The Morgan fingerprint density at radius 2 is 1.75 bits per heavy atom. The summed E-state index contributed by atoms with van der Waals surface area (Å²) in [6, 6.07) is 13.5. The normalized spacial score (nSPS) is 16.1. The lowest BCUT2D eigenvalue weighted by Gasteiger charge is -2.32. The number of likely N-dealkylation sites (tertiary alicyclic amines) is 1. The van der Waals surface area contributed by atoms with E-state index in [4.69, 9.17) is 4.74 Å². The molecule has 1 atom stereocenters. The zero-order valence-corrected chi connectivity index (χ0v) is 17.4. The van der Waals surface area contributed by atoms with Gasteiger partial charge in [-0.3, -0.25) is 9.78 Å². The van der Waals surface area contributed by atoms with E-state index in [0.29, 0.717) is 18.7 Å². The van der Waals surface area contributed by atoms with Gasteiger partial charge in [-0.2, -0.15) is 0 Å². The number of piperidine rings is 1. The number of nitrogens with zero attached hydrogens (tertiary/aromatic N) is 2. The Morgan fingerprint density at radius 3 is 2.47 bits per heavy atom. The molecule has 1 aliphatic rings. The highest BCUT2D eigenvalue weighted by atomic mass is 19.1. The maximum atomic E-state index is 13.9. The monoisotopic (exact) mass is 440 g/mol. The topological polar surface area (TPSA) is 42.4 Å². The zero-order valence-electron chi connectivity index (χ0n) is 17.4. The summed E-state index contributed by atoms with van der Waals surface area (Å²) in [7, 11) is 0. The summed E-state index contributed by atoms with van der Waals surface area (Å²) in [5, 5.41) is 0. The van der Waals surface area contributed by atoms with Gasteiger partial charge in [0.25, 0.3) is 5.91 Å². The molecule has 4 rings (SSSR count). The van der Waals surface area contributed by atoms with Crippen LogP contribution in [0.5, 0.6) is 5.75 Å². The number of para-hydroxylation sites is 1. The van der Waals surface area contributed by atoms with Crippen molar-refractivity contribution in [3.05, 3.63) is 95.1 Å². The molecule has 0 bridgehead atoms. The Hall–Kier alpha value is -3.35. The molecule has 166 valence electrons. The summed E-state index contributed by atoms with van der Waals surface area (Å²) in [5.41, 5.74) is 1.56. The Bertz CT molecular complexity index is 1070. The van der Waals surface area contributed by atoms with Crippen molar-refractivity contribution in [1.29, 1.82) is 0 Å². The molecule has 0 radical (unpaired) electrons. The van der Waals surface area contributed by atoms with Crippen LogP contribution in [0.3, 0.4) is 0 Å². The quantitative estimate of drug-likeness (QED) is 0.549. The summed E-state index contributed by atoms with van der Waals surface area (Å²) in [4.78, 5) is 18.8. The van der Waals surface area contributed by atoms with Crippen LogP contribution < -0.4 is 4.74 Å². The molecule has 1 saturated heterocycles. The van der Waals surface area contributed by atoms with Gasteiger partial charge in [0.05, 0.1) is 0 Å². The largest absolute Gasteiger partial charge is 0.481 e. The highest BCUT2D eigenvalue weighted by molar-refractivity contribution is 5.78. The van der Waals surface area contributed by atoms with Gasteiger partial charge in [0.2, 0.25) is 0 Å². The third-order valence-electron chi connectivity index (χ3n) is 5.67. The minimum atomic E-state index is -0.576. The van der Waals surface area contributed by atoms with E-state index in [9.17, 15) is 18.0 Å². The molecular formula is C25H23F3N2O2. The van der Waals surface area contributed by atoms with Gasteiger partial charge in [-0.15, -0.1) is 0 Å². The van der Waals surface area contributed by atoms with Crippen LogP contribution >= 0.6 is 0 Å². The summed E-state index contributed by atoms with van der Waals surface area (Å²) >= 11 is 0. The average molecular weight is 440 g/mol. The van der Waals surface area contributed by atoms with Crippen molar-refractivity contribution in [2.24, 2.45) is 0 Å². The first-order valence-corrected chi connectivity index (χ1v) is 10.5. The fourth-order valence-corrected chi connectivity index (χ4v) is 3.92. The number of halogens is 3. The second-order valence-electron chi connectivity index (χ2n) is 7.87. The van der Waals surface area contributed by atoms with Crippen LogP contribution in [0.1, 0.15) is 35.6 Å². The molecule has 1 aliphatic heterocycles. The molecule has 1 amide bonds. The lowest BCUT2D eigenvalue weighted by atomic mass is 9.93. The van der Waals surface area contributed by atoms with E-state index in [-0.39, 0.29) is 36.2 Å². The molecule has 2 heterocycles. The summed E-state index contributed by atoms with van der Waals surface area (Å²) in [6.45, 7) is 0.878. The van der Waals surface area contributed by atoms with Crippen LogP contribution in [-0.2, 0) is 11.2 Å². The number of ether oxygens (including phenoxy) is 1. The number of carbonyl (C=O) groups excluding carboxylic acids is 1. The second kappa shape index (κ2) is 9.85. The zero-order chi connectivity index (χ0) is 22.5. The lowest BCUT2D eigenvalue weighted by Crippen LogP contribution is -2.41. The molecule has 2 aromatic carbocycles. The van der Waals surface area contributed by atoms with Gasteiger partial charge in [-0.1, -0.05) is 24.3 Å². The highest BCUT2D eigenvalue weighted by Crippen LogP contribution is 2.26. The van der Waals surface area contributed by atoms with Crippen LogP contribution in [0.2, 0.25) is 0 Å². The third-order valence-corrected chi connectivity index (χ3v) is 5.67. The first-order valence-electron chi connectivity index (χ1n) is 10.5. The lowest BCUT2D eigenvalue weighted by molar-refractivity contribution is -0.134. The van der Waals surface area contributed by atoms with Gasteiger partial charge in [0, 0.05) is 42.9 Å². The highest BCUT2D eigenvalue weighted by Gasteiger charge is 2.26. The second-order valence-corrected chi connectivity index (χ2v) is 7.87. The maximum Gasteiger partial charge on any atom is 0.260 e. The van der Waals surface area contributed by atoms with Crippen molar-refractivity contribution < 1.29 is 22.7 Å². The smallest absolute Gasteiger partial charge is 0.260 e. The van der Waals surface area contributed by atoms with Gasteiger partial charge in [-0.25, -0.2) is 13.2 Å². The molecule has 0 unspecified atom stereocenters. The molecule has 3 aromatic rings. The average Bonchev–Trinajstić information content (AvgIpc) is 2.81. The van der Waals surface area contributed by atoms with Gasteiger partial charge < -0.3 is 9.64 Å². The molecule has 32 heavy (non-hydrogen) atoms. The fourth-order valence-electron chi connectivity index (χ4n) is 3.92. The molecule has 7 heteroatoms. The minimum absolute atomic E-state index is 0.0198. The maximum absolute atomic E-state index is 13.9. The Kier molecular flexibility index (Phi) is 6.73. The van der Waals surface area contributed by atoms with Crippen LogP contribution in [0.25, 0.3) is 0 Å². The minimum Gasteiger partial charge on any atom is -0.481 e. The van der Waals surface area contributed by atoms with Gasteiger partial charge in [0.1, 0.15) is 11.6 Å². The number of hydrogen-bond acceptors (Lipinski definition) is 3. The number of hydrogen-bond donors (Lipinski definition) is 0. The van der Waals surface area contributed by atoms with Crippen LogP contribution in [0, 0.1) is 17.5 Å². The Labute approximate surface area is 184 Å². The van der Waals surface area contributed by atoms with Crippen molar-refractivity contribution in [3.63, 3.8) is 0 Å². The van der Waals surface area contributed by atoms with E-state index in [1.807, 2.05) is 12.1 Å². The predicted octanol–water partition coefficient (Wildman–Crippen LogP) is 4.87. The van der Waals surface area contributed by atoms with Crippen LogP contribution in [0.15, 0.2) is 60.8 Å². The van der Waals surface area contributed by atoms with Gasteiger partial charge >= 0.3 is 0 Å².